The Morgan fingerprint density at radius 2 is 1.81 bits per heavy atom. The molecule has 0 amide bonds. The first kappa shape index (κ1) is 18.4. The fraction of sp³-hybridized carbons (Fsp3) is 0.0769. The van der Waals surface area contributed by atoms with Crippen molar-refractivity contribution in [3.05, 3.63) is 97.2 Å². The monoisotopic (exact) mass is 419 g/mol. The molecule has 1 N–H and O–H groups in total. The van der Waals surface area contributed by atoms with Crippen LogP contribution in [0.2, 0.25) is 0 Å². The molecule has 1 atom stereocenters. The van der Waals surface area contributed by atoms with Gasteiger partial charge in [-0.2, -0.15) is 4.57 Å². The highest BCUT2D eigenvalue weighted by Crippen LogP contribution is 2.33. The van der Waals surface area contributed by atoms with E-state index in [4.69, 9.17) is 9.40 Å². The van der Waals surface area contributed by atoms with Crippen LogP contribution in [0.4, 0.5) is 5.82 Å². The summed E-state index contributed by atoms with van der Waals surface area (Å²) in [6, 6.07) is 23.1. The van der Waals surface area contributed by atoms with Crippen LogP contribution < -0.4 is 9.88 Å². The van der Waals surface area contributed by atoms with Gasteiger partial charge in [-0.1, -0.05) is 48.5 Å². The first-order chi connectivity index (χ1) is 15.8. The van der Waals surface area contributed by atoms with Crippen molar-refractivity contribution < 1.29 is 13.8 Å². The second-order valence-corrected chi connectivity index (χ2v) is 7.75. The Morgan fingerprint density at radius 1 is 0.969 bits per heavy atom. The molecule has 1 aliphatic heterocycles. The molecule has 3 aromatic heterocycles. The molecule has 2 aromatic carbocycles. The zero-order valence-electron chi connectivity index (χ0n) is 17.1. The number of hydrogen-bond acceptors (Lipinski definition) is 5. The topological polar surface area (TPSA) is 71.9 Å². The molecule has 6 rings (SSSR count). The van der Waals surface area contributed by atoms with Crippen molar-refractivity contribution in [3.63, 3.8) is 0 Å². The van der Waals surface area contributed by atoms with Crippen LogP contribution in [-0.2, 0) is 6.42 Å². The van der Waals surface area contributed by atoms with Gasteiger partial charge in [-0.3, -0.25) is 10.3 Å². The minimum atomic E-state index is -0.430. The van der Waals surface area contributed by atoms with Crippen LogP contribution in [0.15, 0.2) is 95.9 Å². The Labute approximate surface area is 184 Å². The third kappa shape index (κ3) is 3.04. The number of anilines is 1. The predicted molar refractivity (Wildman–Crippen MR) is 121 cm³/mol. The van der Waals surface area contributed by atoms with Crippen LogP contribution in [0, 0.1) is 0 Å². The van der Waals surface area contributed by atoms with Gasteiger partial charge in [0.15, 0.2) is 5.69 Å². The normalized spacial score (nSPS) is 15.0. The van der Waals surface area contributed by atoms with Gasteiger partial charge in [0, 0.05) is 22.7 Å². The smallest absolute Gasteiger partial charge is 0.359 e. The lowest BCUT2D eigenvalue weighted by Gasteiger charge is -2.09. The minimum absolute atomic E-state index is 0.0319. The van der Waals surface area contributed by atoms with Crippen molar-refractivity contribution in [2.75, 3.05) is 5.32 Å². The van der Waals surface area contributed by atoms with E-state index in [1.807, 2.05) is 79.0 Å². The number of carbonyl (C=O) groups is 1. The Kier molecular flexibility index (Phi) is 4.28. The van der Waals surface area contributed by atoms with Crippen molar-refractivity contribution in [2.24, 2.45) is 0 Å². The van der Waals surface area contributed by atoms with E-state index >= 15 is 0 Å². The largest absolute Gasteiger partial charge is 0.469 e. The summed E-state index contributed by atoms with van der Waals surface area (Å²) in [5.41, 5.74) is 4.21. The highest BCUT2D eigenvalue weighted by molar-refractivity contribution is 5.97. The van der Waals surface area contributed by atoms with Gasteiger partial charge in [0.25, 0.3) is 0 Å². The lowest BCUT2D eigenvalue weighted by atomic mass is 10.1. The van der Waals surface area contributed by atoms with E-state index in [-0.39, 0.29) is 5.91 Å². The summed E-state index contributed by atoms with van der Waals surface area (Å²) in [5.74, 6) is 1.41. The summed E-state index contributed by atoms with van der Waals surface area (Å²) < 4.78 is 7.17. The van der Waals surface area contributed by atoms with E-state index in [1.165, 1.54) is 0 Å². The summed E-state index contributed by atoms with van der Waals surface area (Å²) in [5, 5.41) is 4.39. The molecule has 0 fully saturated rings. The van der Waals surface area contributed by atoms with Crippen LogP contribution >= 0.6 is 0 Å². The van der Waals surface area contributed by atoms with Gasteiger partial charge in [0.05, 0.1) is 18.2 Å². The number of hydrogen-bond donors (Lipinski definition) is 1. The summed E-state index contributed by atoms with van der Waals surface area (Å²) in [6.45, 7) is 0. The van der Waals surface area contributed by atoms with E-state index in [2.05, 4.69) is 10.3 Å². The standard InChI is InChI=1S/C26H18N4O2/c31-26-22(15-18-9-6-14-32-18)29-25-24(20-12-13-27-21-11-5-4-10-19(20)21)28-23(16-30(25)26)17-7-2-1-3-8-17/h1-14,16,22H,15H2/p+1. The highest BCUT2D eigenvalue weighted by Gasteiger charge is 2.42. The lowest BCUT2D eigenvalue weighted by molar-refractivity contribution is -0.551. The van der Waals surface area contributed by atoms with Crippen LogP contribution in [0.25, 0.3) is 33.4 Å². The molecule has 0 bridgehead atoms. The summed E-state index contributed by atoms with van der Waals surface area (Å²) in [7, 11) is 0. The Bertz CT molecular complexity index is 1440. The van der Waals surface area contributed by atoms with Gasteiger partial charge in [0.2, 0.25) is 6.04 Å². The molecule has 0 aliphatic carbocycles. The van der Waals surface area contributed by atoms with Gasteiger partial charge in [-0.05, 0) is 24.3 Å². The van der Waals surface area contributed by atoms with E-state index in [9.17, 15) is 4.79 Å². The van der Waals surface area contributed by atoms with E-state index in [1.54, 1.807) is 17.0 Å². The number of benzene rings is 2. The fourth-order valence-corrected chi connectivity index (χ4v) is 4.22. The maximum Gasteiger partial charge on any atom is 0.359 e. The number of rotatable bonds is 4. The molecule has 0 radical (unpaired) electrons. The molecule has 6 nitrogen and oxygen atoms in total. The Hall–Kier alpha value is -4.32. The first-order valence-corrected chi connectivity index (χ1v) is 10.5. The van der Waals surface area contributed by atoms with E-state index in [0.717, 1.165) is 39.2 Å². The molecule has 0 saturated carbocycles. The number of nitrogens with one attached hydrogen (secondary N) is 1. The van der Waals surface area contributed by atoms with Gasteiger partial charge >= 0.3 is 11.7 Å². The van der Waals surface area contributed by atoms with Gasteiger partial charge in [-0.25, -0.2) is 9.78 Å². The predicted octanol–water partition coefficient (Wildman–Crippen LogP) is 4.52. The van der Waals surface area contributed by atoms with Crippen molar-refractivity contribution in [1.82, 2.24) is 9.97 Å². The van der Waals surface area contributed by atoms with E-state index in [0.29, 0.717) is 12.2 Å². The van der Waals surface area contributed by atoms with Crippen LogP contribution in [-0.4, -0.2) is 21.9 Å². The summed E-state index contributed by atoms with van der Waals surface area (Å²) in [4.78, 5) is 22.9. The van der Waals surface area contributed by atoms with Crippen LogP contribution in [0.1, 0.15) is 10.6 Å². The number of para-hydroxylation sites is 1. The van der Waals surface area contributed by atoms with E-state index < -0.39 is 6.04 Å². The second-order valence-electron chi connectivity index (χ2n) is 7.75. The third-order valence-corrected chi connectivity index (χ3v) is 5.75. The molecule has 154 valence electrons. The minimum Gasteiger partial charge on any atom is -0.469 e. The molecular weight excluding hydrogens is 400 g/mol. The maximum atomic E-state index is 13.4. The molecule has 5 aromatic rings. The van der Waals surface area contributed by atoms with Crippen LogP contribution in [0.5, 0.6) is 0 Å². The summed E-state index contributed by atoms with van der Waals surface area (Å²) in [6.07, 6.45) is 5.68. The van der Waals surface area contributed by atoms with Crippen molar-refractivity contribution in [3.8, 4) is 22.5 Å². The number of furan rings is 1. The molecule has 1 unspecified atom stereocenters. The molecule has 6 heteroatoms. The highest BCUT2D eigenvalue weighted by atomic mass is 16.3. The molecular formula is C26H19N4O2+. The third-order valence-electron chi connectivity index (χ3n) is 5.75. The zero-order chi connectivity index (χ0) is 21.5. The van der Waals surface area contributed by atoms with Gasteiger partial charge in [-0.15, -0.1) is 0 Å². The average molecular weight is 419 g/mol. The lowest BCUT2D eigenvalue weighted by Crippen LogP contribution is -2.43. The maximum absolute atomic E-state index is 13.4. The molecule has 4 heterocycles. The number of aromatic nitrogens is 3. The summed E-state index contributed by atoms with van der Waals surface area (Å²) >= 11 is 0. The van der Waals surface area contributed by atoms with Crippen molar-refractivity contribution in [2.45, 2.75) is 12.5 Å². The first-order valence-electron chi connectivity index (χ1n) is 10.5. The number of pyridine rings is 1. The molecule has 32 heavy (non-hydrogen) atoms. The van der Waals surface area contributed by atoms with Crippen molar-refractivity contribution in [1.29, 1.82) is 0 Å². The van der Waals surface area contributed by atoms with Gasteiger partial charge in [0.1, 0.15) is 17.7 Å². The Morgan fingerprint density at radius 3 is 2.66 bits per heavy atom. The second kappa shape index (κ2) is 7.42. The SMILES string of the molecule is O=C1C(Cc2ccco2)Nc2c(-c3ccnc4ccccc34)nc(-c3ccccc3)c[n+]21. The zero-order valence-corrected chi connectivity index (χ0v) is 17.1. The molecule has 0 spiro atoms. The number of carbonyl (C=O) groups excluding carboxylic acids is 1. The number of fused-ring (bicyclic) bond motifs is 2. The average Bonchev–Trinajstić information content (AvgIpc) is 3.47. The van der Waals surface area contributed by atoms with Crippen LogP contribution in [0.3, 0.4) is 0 Å². The van der Waals surface area contributed by atoms with Crippen molar-refractivity contribution >= 4 is 22.6 Å². The molecule has 0 saturated heterocycles. The fourth-order valence-electron chi connectivity index (χ4n) is 4.22. The quantitative estimate of drug-likeness (QED) is 0.434. The molecule has 1 aliphatic rings. The van der Waals surface area contributed by atoms with Gasteiger partial charge < -0.3 is 4.42 Å². The Balaban J connectivity index is 1.55. The number of nitrogens with zero attached hydrogens (tertiary/aromatic N) is 3.